The fourth-order valence-corrected chi connectivity index (χ4v) is 5.65. The third-order valence-electron chi connectivity index (χ3n) is 6.40. The number of rotatable bonds is 4. The molecule has 0 spiro atoms. The van der Waals surface area contributed by atoms with Crippen molar-refractivity contribution >= 4 is 38.6 Å². The number of carbonyl (C=O) groups is 1. The van der Waals surface area contributed by atoms with Crippen LogP contribution in [0, 0.1) is 0 Å². The molecule has 2 unspecified atom stereocenters. The standard InChI is InChI=1S/C23H22N4O3S/c1-14(28)27-12-16-4-5-17(27)11-26(16)10-15-13-29-20-9-18(6-7-19(15)20)30-23-25-22-21(31-23)3-2-8-24-22/h2-3,6-9,13,16-17H,4-5,10-12H2,1H3. The molecule has 7 rings (SSSR count). The fraction of sp³-hybridized carbons (Fsp3) is 0.348. The van der Waals surface area contributed by atoms with Gasteiger partial charge < -0.3 is 14.1 Å². The first-order valence-electron chi connectivity index (χ1n) is 10.5. The number of carbonyl (C=O) groups excluding carboxylic acids is 1. The molecule has 0 saturated carbocycles. The van der Waals surface area contributed by atoms with Crippen LogP contribution in [0.5, 0.6) is 10.9 Å². The number of hydrogen-bond donors (Lipinski definition) is 0. The lowest BCUT2D eigenvalue weighted by atomic mass is 9.90. The molecule has 6 heterocycles. The SMILES string of the molecule is CC(=O)N1CC2CCC1CN2Cc1coc2cc(Oc3nc4ncccc4s3)ccc12. The summed E-state index contributed by atoms with van der Waals surface area (Å²) < 4.78 is 12.8. The predicted octanol–water partition coefficient (Wildman–Crippen LogP) is 4.42. The first-order valence-corrected chi connectivity index (χ1v) is 11.4. The molecule has 3 aliphatic heterocycles. The summed E-state index contributed by atoms with van der Waals surface area (Å²) in [6, 6.07) is 10.6. The highest BCUT2D eigenvalue weighted by Crippen LogP contribution is 2.35. The van der Waals surface area contributed by atoms with Crippen molar-refractivity contribution in [3.05, 3.63) is 48.4 Å². The van der Waals surface area contributed by atoms with Crippen LogP contribution in [0.25, 0.3) is 21.3 Å². The first-order chi connectivity index (χ1) is 15.1. The summed E-state index contributed by atoms with van der Waals surface area (Å²) in [4.78, 5) is 25.1. The van der Waals surface area contributed by atoms with Gasteiger partial charge >= 0.3 is 0 Å². The lowest BCUT2D eigenvalue weighted by Crippen LogP contribution is -2.63. The summed E-state index contributed by atoms with van der Waals surface area (Å²) >= 11 is 1.47. The molecule has 3 fully saturated rings. The zero-order chi connectivity index (χ0) is 20.9. The number of benzene rings is 1. The van der Waals surface area contributed by atoms with Crippen LogP contribution in [0.3, 0.4) is 0 Å². The number of furan rings is 1. The average Bonchev–Trinajstić information content (AvgIpc) is 3.37. The van der Waals surface area contributed by atoms with E-state index in [0.717, 1.165) is 48.1 Å². The molecule has 4 aromatic rings. The van der Waals surface area contributed by atoms with E-state index in [4.69, 9.17) is 9.15 Å². The Kier molecular flexibility index (Phi) is 4.43. The van der Waals surface area contributed by atoms with Crippen LogP contribution in [0.2, 0.25) is 0 Å². The highest BCUT2D eigenvalue weighted by molar-refractivity contribution is 7.20. The quantitative estimate of drug-likeness (QED) is 0.473. The van der Waals surface area contributed by atoms with Gasteiger partial charge in [-0.3, -0.25) is 9.69 Å². The summed E-state index contributed by atoms with van der Waals surface area (Å²) in [6.45, 7) is 4.29. The van der Waals surface area contributed by atoms with Crippen molar-refractivity contribution in [2.24, 2.45) is 0 Å². The number of thiazole rings is 1. The molecule has 2 bridgehead atoms. The van der Waals surface area contributed by atoms with Gasteiger partial charge in [-0.15, -0.1) is 0 Å². The fourth-order valence-electron chi connectivity index (χ4n) is 4.86. The second-order valence-corrected chi connectivity index (χ2v) is 9.30. The van der Waals surface area contributed by atoms with Crippen molar-refractivity contribution in [2.75, 3.05) is 13.1 Å². The van der Waals surface area contributed by atoms with E-state index in [1.807, 2.05) is 35.4 Å². The monoisotopic (exact) mass is 434 g/mol. The van der Waals surface area contributed by atoms with E-state index in [-0.39, 0.29) is 5.91 Å². The lowest BCUT2D eigenvalue weighted by Gasteiger charge is -2.51. The first kappa shape index (κ1) is 18.8. The average molecular weight is 435 g/mol. The summed E-state index contributed by atoms with van der Waals surface area (Å²) in [6.07, 6.45) is 5.84. The van der Waals surface area contributed by atoms with Crippen molar-refractivity contribution in [3.8, 4) is 10.9 Å². The molecule has 0 aliphatic carbocycles. The van der Waals surface area contributed by atoms with E-state index in [2.05, 4.69) is 20.9 Å². The third kappa shape index (κ3) is 3.36. The zero-order valence-electron chi connectivity index (χ0n) is 17.2. The number of amides is 1. The minimum atomic E-state index is 0.194. The molecule has 3 aromatic heterocycles. The van der Waals surface area contributed by atoms with Crippen LogP contribution in [-0.4, -0.2) is 50.8 Å². The van der Waals surface area contributed by atoms with E-state index in [0.29, 0.717) is 28.7 Å². The highest BCUT2D eigenvalue weighted by atomic mass is 32.1. The molecular formula is C23H22N4O3S. The maximum Gasteiger partial charge on any atom is 0.281 e. The Hall–Kier alpha value is -2.97. The molecule has 8 heteroatoms. The van der Waals surface area contributed by atoms with Crippen molar-refractivity contribution < 1.29 is 13.9 Å². The second kappa shape index (κ2) is 7.32. The van der Waals surface area contributed by atoms with Crippen molar-refractivity contribution in [1.29, 1.82) is 0 Å². The number of nitrogens with zero attached hydrogens (tertiary/aromatic N) is 4. The van der Waals surface area contributed by atoms with E-state index >= 15 is 0 Å². The number of fused-ring (bicyclic) bond motifs is 5. The molecule has 3 aliphatic rings. The van der Waals surface area contributed by atoms with Crippen LogP contribution in [0.4, 0.5) is 0 Å². The molecular weight excluding hydrogens is 412 g/mol. The number of aromatic nitrogens is 2. The van der Waals surface area contributed by atoms with Crippen molar-refractivity contribution in [1.82, 2.24) is 19.8 Å². The van der Waals surface area contributed by atoms with Gasteiger partial charge in [0.25, 0.3) is 5.19 Å². The van der Waals surface area contributed by atoms with E-state index in [1.165, 1.54) is 16.9 Å². The molecule has 31 heavy (non-hydrogen) atoms. The van der Waals surface area contributed by atoms with Crippen molar-refractivity contribution in [2.45, 2.75) is 38.4 Å². The predicted molar refractivity (Wildman–Crippen MR) is 118 cm³/mol. The number of piperazine rings is 1. The smallest absolute Gasteiger partial charge is 0.281 e. The van der Waals surface area contributed by atoms with Crippen molar-refractivity contribution in [3.63, 3.8) is 0 Å². The maximum atomic E-state index is 11.9. The lowest BCUT2D eigenvalue weighted by molar-refractivity contribution is -0.139. The van der Waals surface area contributed by atoms with E-state index in [1.54, 1.807) is 13.1 Å². The zero-order valence-corrected chi connectivity index (χ0v) is 18.0. The molecule has 0 radical (unpaired) electrons. The topological polar surface area (TPSA) is 71.7 Å². The Morgan fingerprint density at radius 1 is 1.26 bits per heavy atom. The van der Waals surface area contributed by atoms with Gasteiger partial charge in [0.15, 0.2) is 5.65 Å². The maximum absolute atomic E-state index is 11.9. The van der Waals surface area contributed by atoms with Gasteiger partial charge in [-0.2, -0.15) is 4.98 Å². The van der Waals surface area contributed by atoms with Gasteiger partial charge in [0, 0.05) is 61.9 Å². The Balaban J connectivity index is 1.20. The molecule has 2 atom stereocenters. The number of ether oxygens (including phenoxy) is 1. The van der Waals surface area contributed by atoms with Gasteiger partial charge in [-0.25, -0.2) is 4.98 Å². The van der Waals surface area contributed by atoms with Gasteiger partial charge in [0.05, 0.1) is 11.0 Å². The number of hydrogen-bond acceptors (Lipinski definition) is 7. The molecule has 158 valence electrons. The van der Waals surface area contributed by atoms with E-state index in [9.17, 15) is 4.79 Å². The molecule has 1 aromatic carbocycles. The van der Waals surface area contributed by atoms with Gasteiger partial charge in [-0.05, 0) is 37.1 Å². The molecule has 7 nitrogen and oxygen atoms in total. The Morgan fingerprint density at radius 3 is 2.97 bits per heavy atom. The second-order valence-electron chi connectivity index (χ2n) is 8.31. The van der Waals surface area contributed by atoms with Gasteiger partial charge in [-0.1, -0.05) is 11.3 Å². The van der Waals surface area contributed by atoms with Crippen LogP contribution in [0.15, 0.2) is 47.2 Å². The van der Waals surface area contributed by atoms with E-state index < -0.39 is 0 Å². The largest absolute Gasteiger partial charge is 0.464 e. The number of pyridine rings is 1. The van der Waals surface area contributed by atoms with Gasteiger partial charge in [0.1, 0.15) is 11.3 Å². The summed E-state index contributed by atoms with van der Waals surface area (Å²) in [7, 11) is 0. The van der Waals surface area contributed by atoms with Crippen LogP contribution < -0.4 is 4.74 Å². The molecule has 1 amide bonds. The van der Waals surface area contributed by atoms with Gasteiger partial charge in [0.2, 0.25) is 5.91 Å². The minimum Gasteiger partial charge on any atom is -0.464 e. The summed E-state index contributed by atoms with van der Waals surface area (Å²) in [5.41, 5.74) is 2.68. The number of piperidine rings is 2. The third-order valence-corrected chi connectivity index (χ3v) is 7.29. The normalized spacial score (nSPS) is 21.3. The molecule has 3 saturated heterocycles. The Bertz CT molecular complexity index is 1250. The summed E-state index contributed by atoms with van der Waals surface area (Å²) in [5, 5.41) is 1.67. The van der Waals surface area contributed by atoms with Crippen LogP contribution in [0.1, 0.15) is 25.3 Å². The molecule has 0 N–H and O–H groups in total. The van der Waals surface area contributed by atoms with Crippen LogP contribution in [-0.2, 0) is 11.3 Å². The Labute approximate surface area is 183 Å². The van der Waals surface area contributed by atoms with Crippen LogP contribution >= 0.6 is 11.3 Å². The Morgan fingerprint density at radius 2 is 2.16 bits per heavy atom. The highest BCUT2D eigenvalue weighted by Gasteiger charge is 2.40. The minimum absolute atomic E-state index is 0.194. The summed E-state index contributed by atoms with van der Waals surface area (Å²) in [5.74, 6) is 0.890.